The topological polar surface area (TPSA) is 82.0 Å². The lowest BCUT2D eigenvalue weighted by Gasteiger charge is -2.27. The number of aromatic nitrogens is 4. The summed E-state index contributed by atoms with van der Waals surface area (Å²) in [7, 11) is 0. The maximum Gasteiger partial charge on any atom is 0.421 e. The van der Waals surface area contributed by atoms with Crippen LogP contribution in [-0.2, 0) is 16.9 Å². The van der Waals surface area contributed by atoms with E-state index in [0.717, 1.165) is 6.92 Å². The van der Waals surface area contributed by atoms with Crippen LogP contribution in [0.5, 0.6) is 11.6 Å². The predicted octanol–water partition coefficient (Wildman–Crippen LogP) is 3.36. The van der Waals surface area contributed by atoms with E-state index in [0.29, 0.717) is 17.1 Å². The average molecular weight is 392 g/mol. The number of halogens is 3. The molecule has 146 valence electrons. The second-order valence-electron chi connectivity index (χ2n) is 6.51. The van der Waals surface area contributed by atoms with Gasteiger partial charge in [0.15, 0.2) is 5.60 Å². The molecule has 28 heavy (non-hydrogen) atoms. The van der Waals surface area contributed by atoms with Crippen LogP contribution in [0.25, 0.3) is 5.69 Å². The van der Waals surface area contributed by atoms with Crippen LogP contribution in [0, 0.1) is 6.92 Å². The Morgan fingerprint density at radius 1 is 1.29 bits per heavy atom. The minimum Gasteiger partial charge on any atom is -0.439 e. The van der Waals surface area contributed by atoms with Gasteiger partial charge in [-0.25, -0.2) is 19.4 Å². The highest BCUT2D eigenvalue weighted by Gasteiger charge is 2.57. The molecule has 0 spiro atoms. The van der Waals surface area contributed by atoms with E-state index in [2.05, 4.69) is 15.2 Å². The minimum atomic E-state index is -4.55. The lowest BCUT2D eigenvalue weighted by Crippen LogP contribution is -2.38. The van der Waals surface area contributed by atoms with Gasteiger partial charge in [-0.05, 0) is 37.6 Å². The Kier molecular flexibility index (Phi) is 4.03. The van der Waals surface area contributed by atoms with Crippen molar-refractivity contribution in [2.75, 3.05) is 0 Å². The zero-order valence-corrected chi connectivity index (χ0v) is 14.9. The summed E-state index contributed by atoms with van der Waals surface area (Å²) in [5.41, 5.74) is -1.81. The fourth-order valence-electron chi connectivity index (χ4n) is 3.09. The number of fused-ring (bicyclic) bond motifs is 1. The summed E-state index contributed by atoms with van der Waals surface area (Å²) in [4.78, 5) is 15.9. The summed E-state index contributed by atoms with van der Waals surface area (Å²) in [6.45, 7) is 2.55. The van der Waals surface area contributed by atoms with E-state index in [-0.39, 0.29) is 23.8 Å². The number of hydrogen-bond donors (Lipinski definition) is 1. The quantitative estimate of drug-likeness (QED) is 0.739. The lowest BCUT2D eigenvalue weighted by molar-refractivity contribution is -0.272. The maximum atomic E-state index is 13.4. The standard InChI is InChI=1S/C18H15F3N4O3/c1-10-23-24-16(26)25(10)12-4-6-15(22-8-12)28-13-5-3-11-9-27-17(2,14(11)7-13)18(19,20)21/h3-8H,9H2,1-2H3,(H,24,26)/t17-/m0/s1. The smallest absolute Gasteiger partial charge is 0.421 e. The molecule has 1 N–H and O–H groups in total. The maximum absolute atomic E-state index is 13.4. The lowest BCUT2D eigenvalue weighted by atomic mass is 9.93. The molecule has 1 aliphatic heterocycles. The first kappa shape index (κ1) is 18.2. The van der Waals surface area contributed by atoms with Crippen LogP contribution >= 0.6 is 0 Å². The molecule has 3 heterocycles. The number of H-pyrrole nitrogens is 1. The zero-order valence-electron chi connectivity index (χ0n) is 14.9. The van der Waals surface area contributed by atoms with Gasteiger partial charge in [0.1, 0.15) is 11.6 Å². The highest BCUT2D eigenvalue weighted by Crippen LogP contribution is 2.48. The van der Waals surface area contributed by atoms with E-state index in [1.165, 1.54) is 22.9 Å². The molecular weight excluding hydrogens is 377 g/mol. The van der Waals surface area contributed by atoms with Crippen molar-refractivity contribution in [3.05, 3.63) is 64.0 Å². The Morgan fingerprint density at radius 2 is 2.07 bits per heavy atom. The number of aromatic amines is 1. The second-order valence-corrected chi connectivity index (χ2v) is 6.51. The molecule has 0 saturated heterocycles. The minimum absolute atomic E-state index is 0.0229. The molecule has 0 radical (unpaired) electrons. The normalized spacial score (nSPS) is 18.9. The zero-order chi connectivity index (χ0) is 20.1. The van der Waals surface area contributed by atoms with Crippen LogP contribution in [0.2, 0.25) is 0 Å². The molecular formula is C18H15F3N4O3. The van der Waals surface area contributed by atoms with Crippen molar-refractivity contribution in [1.29, 1.82) is 0 Å². The molecule has 0 fully saturated rings. The van der Waals surface area contributed by atoms with Crippen LogP contribution in [0.3, 0.4) is 0 Å². The number of nitrogens with one attached hydrogen (secondary N) is 1. The number of aryl methyl sites for hydroxylation is 1. The molecule has 7 nitrogen and oxygen atoms in total. The Bertz CT molecular complexity index is 1090. The molecule has 1 aromatic carbocycles. The van der Waals surface area contributed by atoms with Gasteiger partial charge in [-0.15, -0.1) is 0 Å². The van der Waals surface area contributed by atoms with Crippen molar-refractivity contribution in [2.45, 2.75) is 32.2 Å². The summed E-state index contributed by atoms with van der Waals surface area (Å²) < 4.78 is 52.2. The highest BCUT2D eigenvalue weighted by atomic mass is 19.4. The summed E-state index contributed by atoms with van der Waals surface area (Å²) in [5, 5.41) is 6.14. The van der Waals surface area contributed by atoms with Gasteiger partial charge >= 0.3 is 11.9 Å². The number of rotatable bonds is 3. The third kappa shape index (κ3) is 2.85. The fourth-order valence-corrected chi connectivity index (χ4v) is 3.09. The number of ether oxygens (including phenoxy) is 2. The molecule has 0 bridgehead atoms. The Balaban J connectivity index is 1.61. The Hall–Kier alpha value is -3.14. The van der Waals surface area contributed by atoms with Gasteiger partial charge in [0.2, 0.25) is 5.88 Å². The monoisotopic (exact) mass is 392 g/mol. The molecule has 3 aromatic rings. The highest BCUT2D eigenvalue weighted by molar-refractivity contribution is 5.43. The third-order valence-corrected chi connectivity index (χ3v) is 4.69. The van der Waals surface area contributed by atoms with Gasteiger partial charge in [-0.3, -0.25) is 0 Å². The van der Waals surface area contributed by atoms with Crippen molar-refractivity contribution in [2.24, 2.45) is 0 Å². The molecule has 0 aliphatic carbocycles. The van der Waals surface area contributed by atoms with E-state index in [1.54, 1.807) is 25.1 Å². The van der Waals surface area contributed by atoms with Crippen LogP contribution in [0.4, 0.5) is 13.2 Å². The van der Waals surface area contributed by atoms with Crippen LogP contribution in [0.1, 0.15) is 23.9 Å². The predicted molar refractivity (Wildman–Crippen MR) is 91.4 cm³/mol. The molecule has 1 atom stereocenters. The Morgan fingerprint density at radius 3 is 2.68 bits per heavy atom. The number of benzene rings is 1. The average Bonchev–Trinajstić information content (AvgIpc) is 3.16. The largest absolute Gasteiger partial charge is 0.439 e. The van der Waals surface area contributed by atoms with Crippen molar-refractivity contribution < 1.29 is 22.6 Å². The van der Waals surface area contributed by atoms with E-state index >= 15 is 0 Å². The summed E-state index contributed by atoms with van der Waals surface area (Å²) in [5.74, 6) is 0.840. The van der Waals surface area contributed by atoms with Gasteiger partial charge in [-0.2, -0.15) is 18.3 Å². The number of pyridine rings is 1. The molecule has 0 unspecified atom stereocenters. The van der Waals surface area contributed by atoms with Gasteiger partial charge in [0.25, 0.3) is 0 Å². The molecule has 0 amide bonds. The molecule has 10 heteroatoms. The second kappa shape index (κ2) is 6.20. The first-order valence-corrected chi connectivity index (χ1v) is 8.31. The van der Waals surface area contributed by atoms with Gasteiger partial charge < -0.3 is 9.47 Å². The van der Waals surface area contributed by atoms with Gasteiger partial charge in [-0.1, -0.05) is 6.07 Å². The third-order valence-electron chi connectivity index (χ3n) is 4.69. The van der Waals surface area contributed by atoms with E-state index in [9.17, 15) is 18.0 Å². The number of alkyl halides is 3. The van der Waals surface area contributed by atoms with Gasteiger partial charge in [0, 0.05) is 11.6 Å². The summed E-state index contributed by atoms with van der Waals surface area (Å²) in [6, 6.07) is 7.54. The molecule has 4 rings (SSSR count). The van der Waals surface area contributed by atoms with Crippen molar-refractivity contribution in [3.63, 3.8) is 0 Å². The first-order valence-electron chi connectivity index (χ1n) is 8.31. The SMILES string of the molecule is Cc1n[nH]c(=O)n1-c1ccc(Oc2ccc3c(c2)[C@@](C)(C(F)(F)F)OC3)nc1. The molecule has 0 saturated carbocycles. The number of nitrogens with zero attached hydrogens (tertiary/aromatic N) is 3. The molecule has 1 aliphatic rings. The van der Waals surface area contributed by atoms with E-state index < -0.39 is 17.5 Å². The fraction of sp³-hybridized carbons (Fsp3) is 0.278. The van der Waals surface area contributed by atoms with Crippen molar-refractivity contribution >= 4 is 0 Å². The van der Waals surface area contributed by atoms with Gasteiger partial charge in [0.05, 0.1) is 18.5 Å². The van der Waals surface area contributed by atoms with Crippen molar-refractivity contribution in [3.8, 4) is 17.3 Å². The summed E-state index contributed by atoms with van der Waals surface area (Å²) >= 11 is 0. The van der Waals surface area contributed by atoms with Crippen LogP contribution in [0.15, 0.2) is 41.3 Å². The Labute approximate surface area is 156 Å². The molecule has 2 aromatic heterocycles. The van der Waals surface area contributed by atoms with Crippen LogP contribution < -0.4 is 10.4 Å². The van der Waals surface area contributed by atoms with Crippen LogP contribution in [-0.4, -0.2) is 25.9 Å². The number of hydrogen-bond acceptors (Lipinski definition) is 5. The first-order chi connectivity index (χ1) is 13.2. The van der Waals surface area contributed by atoms with E-state index in [4.69, 9.17) is 9.47 Å². The summed E-state index contributed by atoms with van der Waals surface area (Å²) in [6.07, 6.45) is -3.14. The van der Waals surface area contributed by atoms with Crippen molar-refractivity contribution in [1.82, 2.24) is 19.7 Å². The van der Waals surface area contributed by atoms with E-state index in [1.807, 2.05) is 0 Å².